The van der Waals surface area contributed by atoms with E-state index in [0.717, 1.165) is 0 Å². The van der Waals surface area contributed by atoms with Crippen LogP contribution >= 0.6 is 0 Å². The molecule has 6 aromatic carbocycles. The molecule has 6 aromatic rings. The number of rotatable bonds is 0. The Bertz CT molecular complexity index is 1310. The first-order valence-corrected chi connectivity index (χ1v) is 18.6. The molecular formula is C34H34O2SiZr-2. The van der Waals surface area contributed by atoms with Gasteiger partial charge >= 0.3 is 41.9 Å². The zero-order chi connectivity index (χ0) is 27.8. The Balaban J connectivity index is 0.000000172. The van der Waals surface area contributed by atoms with E-state index in [0.29, 0.717) is 0 Å². The Morgan fingerprint density at radius 2 is 0.816 bits per heavy atom. The SMILES string of the molecule is C[Si](C)=[Zr+2].Cc1cc2ccccc2[cH-]1.Cc1cc2ccccc2[cH-]1.[O-]c1ccccc1.[O-]c1ccccc1. The fourth-order valence-corrected chi connectivity index (χ4v) is 3.45. The predicted molar refractivity (Wildman–Crippen MR) is 158 cm³/mol. The second-order valence-corrected chi connectivity index (χ2v) is 18.3. The molecule has 4 heteroatoms. The fraction of sp³-hybridized carbons (Fsp3) is 0.118. The van der Waals surface area contributed by atoms with Crippen molar-refractivity contribution in [1.29, 1.82) is 0 Å². The van der Waals surface area contributed by atoms with Crippen molar-refractivity contribution in [3.63, 3.8) is 0 Å². The van der Waals surface area contributed by atoms with Crippen LogP contribution in [0.2, 0.25) is 13.1 Å². The van der Waals surface area contributed by atoms with Crippen LogP contribution in [0.1, 0.15) is 11.1 Å². The summed E-state index contributed by atoms with van der Waals surface area (Å²) in [5, 5.41) is 25.9. The van der Waals surface area contributed by atoms with Gasteiger partial charge in [0, 0.05) is 0 Å². The molecule has 0 N–H and O–H groups in total. The molecule has 0 heterocycles. The van der Waals surface area contributed by atoms with Crippen LogP contribution in [0.4, 0.5) is 0 Å². The number of aryl methyl sites for hydroxylation is 2. The Morgan fingerprint density at radius 1 is 0.526 bits per heavy atom. The Kier molecular flexibility index (Phi) is 14.2. The van der Waals surface area contributed by atoms with Crippen molar-refractivity contribution in [1.82, 2.24) is 0 Å². The average molecular weight is 594 g/mol. The van der Waals surface area contributed by atoms with Gasteiger partial charge in [-0.05, 0) is 0 Å². The molecule has 0 aliphatic heterocycles. The van der Waals surface area contributed by atoms with Crippen LogP contribution in [-0.4, -0.2) is 5.43 Å². The molecule has 192 valence electrons. The zero-order valence-electron chi connectivity index (χ0n) is 22.5. The van der Waals surface area contributed by atoms with Crippen molar-refractivity contribution >= 4 is 27.0 Å². The van der Waals surface area contributed by atoms with Crippen LogP contribution in [0.15, 0.2) is 133 Å². The van der Waals surface area contributed by atoms with Gasteiger partial charge in [0.15, 0.2) is 0 Å². The molecule has 0 aliphatic rings. The third kappa shape index (κ3) is 12.9. The molecule has 0 unspecified atom stereocenters. The maximum atomic E-state index is 10.3. The molecule has 2 nitrogen and oxygen atoms in total. The van der Waals surface area contributed by atoms with E-state index in [1.807, 2.05) is 12.1 Å². The molecule has 0 atom stereocenters. The summed E-state index contributed by atoms with van der Waals surface area (Å²) >= 11 is 1.74. The predicted octanol–water partition coefficient (Wildman–Crippen LogP) is 8.04. The molecule has 0 saturated carbocycles. The first-order chi connectivity index (χ1) is 18.2. The van der Waals surface area contributed by atoms with Crippen LogP contribution in [0.25, 0.3) is 21.5 Å². The van der Waals surface area contributed by atoms with Crippen molar-refractivity contribution in [2.75, 3.05) is 0 Å². The zero-order valence-corrected chi connectivity index (χ0v) is 26.0. The number of hydrogen-bond acceptors (Lipinski definition) is 2. The summed E-state index contributed by atoms with van der Waals surface area (Å²) in [6.45, 7) is 8.87. The molecule has 0 spiro atoms. The van der Waals surface area contributed by atoms with E-state index >= 15 is 0 Å². The first kappa shape index (κ1) is 31.0. The summed E-state index contributed by atoms with van der Waals surface area (Å²) < 4.78 is 0. The summed E-state index contributed by atoms with van der Waals surface area (Å²) in [6, 6.07) is 42.3. The van der Waals surface area contributed by atoms with Gasteiger partial charge in [-0.15, -0.1) is 92.7 Å². The van der Waals surface area contributed by atoms with E-state index in [1.165, 1.54) is 56.9 Å². The van der Waals surface area contributed by atoms with E-state index in [9.17, 15) is 10.2 Å². The fourth-order valence-electron chi connectivity index (χ4n) is 3.45. The quantitative estimate of drug-likeness (QED) is 0.132. The van der Waals surface area contributed by atoms with Gasteiger partial charge in [0.1, 0.15) is 0 Å². The number of benzene rings is 4. The van der Waals surface area contributed by atoms with Gasteiger partial charge in [0.2, 0.25) is 0 Å². The summed E-state index contributed by atoms with van der Waals surface area (Å²) in [6.07, 6.45) is 0. The first-order valence-electron chi connectivity index (χ1n) is 12.4. The molecule has 0 aromatic heterocycles. The van der Waals surface area contributed by atoms with E-state index in [-0.39, 0.29) is 16.9 Å². The number of fused-ring (bicyclic) bond motifs is 2. The molecule has 0 bridgehead atoms. The topological polar surface area (TPSA) is 46.1 Å². The average Bonchev–Trinajstić information content (AvgIpc) is 3.46. The molecule has 0 aliphatic carbocycles. The van der Waals surface area contributed by atoms with Crippen LogP contribution in [0.3, 0.4) is 0 Å². The molecule has 6 rings (SSSR count). The molecular weight excluding hydrogens is 560 g/mol. The van der Waals surface area contributed by atoms with Crippen LogP contribution in [0.5, 0.6) is 11.5 Å². The van der Waals surface area contributed by atoms with Crippen molar-refractivity contribution < 1.29 is 33.5 Å². The van der Waals surface area contributed by atoms with Gasteiger partial charge in [0.05, 0.1) is 0 Å². The minimum absolute atomic E-state index is 0.0718. The van der Waals surface area contributed by atoms with E-state index in [4.69, 9.17) is 0 Å². The Labute approximate surface area is 242 Å². The van der Waals surface area contributed by atoms with Gasteiger partial charge in [-0.3, -0.25) is 0 Å². The summed E-state index contributed by atoms with van der Waals surface area (Å²) in [5.74, 6) is 0.144. The minimum Gasteiger partial charge on any atom is -0.872 e. The van der Waals surface area contributed by atoms with E-state index in [2.05, 4.69) is 99.7 Å². The second-order valence-electron chi connectivity index (χ2n) is 8.95. The molecule has 0 amide bonds. The van der Waals surface area contributed by atoms with Crippen LogP contribution < -0.4 is 10.2 Å². The summed E-state index contributed by atoms with van der Waals surface area (Å²) in [7, 11) is 0. The van der Waals surface area contributed by atoms with Crippen LogP contribution in [-0.2, 0) is 23.3 Å². The Morgan fingerprint density at radius 3 is 1.08 bits per heavy atom. The van der Waals surface area contributed by atoms with Crippen molar-refractivity contribution in [2.45, 2.75) is 26.9 Å². The van der Waals surface area contributed by atoms with Crippen molar-refractivity contribution in [3.05, 3.63) is 145 Å². The van der Waals surface area contributed by atoms with Gasteiger partial charge in [-0.25, -0.2) is 0 Å². The van der Waals surface area contributed by atoms with E-state index < -0.39 is 0 Å². The molecule has 0 fully saturated rings. The third-order valence-corrected chi connectivity index (χ3v) is 5.01. The van der Waals surface area contributed by atoms with Gasteiger partial charge in [-0.2, -0.15) is 12.1 Å². The van der Waals surface area contributed by atoms with Crippen molar-refractivity contribution in [2.24, 2.45) is 0 Å². The number of hydrogen-bond donors (Lipinski definition) is 0. The third-order valence-electron chi connectivity index (χ3n) is 5.01. The monoisotopic (exact) mass is 592 g/mol. The van der Waals surface area contributed by atoms with Crippen LogP contribution in [0, 0.1) is 13.8 Å². The maximum absolute atomic E-state index is 10.3. The normalized spacial score (nSPS) is 9.42. The standard InChI is InChI=1S/2C10H9.2C6H6O.C2H6Si.Zr/c2*1-8-6-9-4-2-3-5-10(9)7-8;2*7-6-4-2-1-3-5-6;1-3-2;/h2*2-7H,1H3;2*1-5,7H;1-2H3;/q2*-1;;;;+2/p-2. The summed E-state index contributed by atoms with van der Waals surface area (Å²) in [4.78, 5) is 0. The van der Waals surface area contributed by atoms with Crippen molar-refractivity contribution in [3.8, 4) is 11.5 Å². The van der Waals surface area contributed by atoms with Gasteiger partial charge in [-0.1, -0.05) is 86.6 Å². The Hall–Kier alpha value is -3.20. The second kappa shape index (κ2) is 17.3. The van der Waals surface area contributed by atoms with Gasteiger partial charge in [0.25, 0.3) is 0 Å². The molecule has 0 radical (unpaired) electrons. The smallest absolute Gasteiger partial charge is 0.0579 e. The van der Waals surface area contributed by atoms with E-state index in [1.54, 1.807) is 47.6 Å². The number of para-hydroxylation sites is 2. The maximum Gasteiger partial charge on any atom is -0.0579 e. The van der Waals surface area contributed by atoms with Gasteiger partial charge < -0.3 is 10.2 Å². The molecule has 38 heavy (non-hydrogen) atoms. The minimum atomic E-state index is 0.0718. The largest absolute Gasteiger partial charge is 0.872 e. The summed E-state index contributed by atoms with van der Waals surface area (Å²) in [5.41, 5.74) is 2.91. The molecule has 0 saturated heterocycles.